The van der Waals surface area contributed by atoms with Gasteiger partial charge in [0, 0.05) is 6.20 Å². The monoisotopic (exact) mass is 186 g/mol. The van der Waals surface area contributed by atoms with Crippen LogP contribution in [0.15, 0.2) is 42.6 Å². The number of hydrogen-bond donors (Lipinski definition) is 0. The quantitative estimate of drug-likeness (QED) is 0.702. The van der Waals surface area contributed by atoms with E-state index in [1.54, 1.807) is 12.3 Å². The molecule has 0 N–H and O–H groups in total. The third-order valence-corrected chi connectivity index (χ3v) is 2.01. The van der Waals surface area contributed by atoms with E-state index in [0.29, 0.717) is 5.69 Å². The van der Waals surface area contributed by atoms with Crippen molar-refractivity contribution in [2.24, 2.45) is 0 Å². The van der Waals surface area contributed by atoms with Gasteiger partial charge < -0.3 is 0 Å². The van der Waals surface area contributed by atoms with Crippen LogP contribution in [0.25, 0.3) is 11.1 Å². The summed E-state index contributed by atoms with van der Waals surface area (Å²) in [4.78, 5) is 3.90. The van der Waals surface area contributed by atoms with Crippen molar-refractivity contribution in [2.75, 3.05) is 0 Å². The number of alkyl halides is 1. The second kappa shape index (κ2) is 4.01. The van der Waals surface area contributed by atoms with Crippen molar-refractivity contribution >= 4 is 0 Å². The zero-order chi connectivity index (χ0) is 9.80. The van der Waals surface area contributed by atoms with Crippen molar-refractivity contribution in [3.63, 3.8) is 0 Å². The summed E-state index contributed by atoms with van der Waals surface area (Å²) in [5, 5.41) is 0. The Labute approximate surface area is 82.2 Å². The van der Waals surface area contributed by atoms with Gasteiger partial charge in [-0.25, -0.2) is 4.39 Å². The molecule has 1 nitrogen and oxygen atoms in total. The first kappa shape index (κ1) is 8.88. The van der Waals surface area contributed by atoms with Crippen LogP contribution in [0.1, 0.15) is 5.69 Å². The number of nitrogens with zero attached hydrogens (tertiary/aromatic N) is 1. The molecule has 0 fully saturated rings. The van der Waals surface area contributed by atoms with Crippen molar-refractivity contribution < 1.29 is 4.39 Å². The van der Waals surface area contributed by atoms with Crippen LogP contribution >= 0.6 is 0 Å². The molecule has 0 amide bonds. The number of benzene rings is 1. The molecule has 1 radical (unpaired) electrons. The van der Waals surface area contributed by atoms with E-state index in [9.17, 15) is 4.39 Å². The van der Waals surface area contributed by atoms with Crippen LogP contribution in [-0.2, 0) is 6.67 Å². The van der Waals surface area contributed by atoms with Gasteiger partial charge in [-0.3, -0.25) is 4.98 Å². The molecule has 1 aromatic heterocycles. The minimum atomic E-state index is -0.521. The Hall–Kier alpha value is -1.70. The topological polar surface area (TPSA) is 12.9 Å². The smallest absolute Gasteiger partial charge is 0.131 e. The maximum Gasteiger partial charge on any atom is 0.131 e. The normalized spacial score (nSPS) is 10.1. The molecule has 1 heterocycles. The second-order valence-corrected chi connectivity index (χ2v) is 2.96. The first-order valence-corrected chi connectivity index (χ1v) is 4.37. The third kappa shape index (κ3) is 1.79. The molecule has 0 unspecified atom stereocenters. The summed E-state index contributed by atoms with van der Waals surface area (Å²) in [5.41, 5.74) is 2.51. The Balaban J connectivity index is 2.42. The summed E-state index contributed by atoms with van der Waals surface area (Å²) < 4.78 is 12.4. The Kier molecular flexibility index (Phi) is 2.54. The van der Waals surface area contributed by atoms with E-state index in [1.807, 2.05) is 30.3 Å². The highest BCUT2D eigenvalue weighted by Gasteiger charge is 1.98. The summed E-state index contributed by atoms with van der Waals surface area (Å²) in [6, 6.07) is 14.1. The van der Waals surface area contributed by atoms with Crippen LogP contribution in [0.3, 0.4) is 0 Å². The van der Waals surface area contributed by atoms with E-state index in [2.05, 4.69) is 11.1 Å². The Bertz CT molecular complexity index is 412. The highest BCUT2D eigenvalue weighted by Crippen LogP contribution is 2.18. The summed E-state index contributed by atoms with van der Waals surface area (Å²) in [6.45, 7) is -0.521. The van der Waals surface area contributed by atoms with Gasteiger partial charge in [0.15, 0.2) is 0 Å². The number of halogens is 1. The molecule has 0 spiro atoms. The number of pyridine rings is 1. The summed E-state index contributed by atoms with van der Waals surface area (Å²) >= 11 is 0. The summed E-state index contributed by atoms with van der Waals surface area (Å²) in [7, 11) is 0. The van der Waals surface area contributed by atoms with Crippen molar-refractivity contribution in [2.45, 2.75) is 6.67 Å². The largest absolute Gasteiger partial charge is 0.258 e. The van der Waals surface area contributed by atoms with Crippen LogP contribution in [0.5, 0.6) is 0 Å². The van der Waals surface area contributed by atoms with Crippen LogP contribution in [0.2, 0.25) is 0 Å². The average Bonchev–Trinajstić information content (AvgIpc) is 2.30. The van der Waals surface area contributed by atoms with E-state index in [4.69, 9.17) is 0 Å². The third-order valence-electron chi connectivity index (χ3n) is 2.01. The first-order valence-electron chi connectivity index (χ1n) is 4.37. The highest BCUT2D eigenvalue weighted by atomic mass is 19.1. The van der Waals surface area contributed by atoms with Gasteiger partial charge in [0.05, 0.1) is 5.69 Å². The predicted octanol–water partition coefficient (Wildman–Crippen LogP) is 3.02. The molecule has 0 aliphatic rings. The SMILES string of the molecule is FCc1cc(-c2cc[c]cc2)ccn1. The molecule has 14 heavy (non-hydrogen) atoms. The molecule has 0 aliphatic heterocycles. The fourth-order valence-corrected chi connectivity index (χ4v) is 1.31. The lowest BCUT2D eigenvalue weighted by molar-refractivity contribution is 0.476. The maximum absolute atomic E-state index is 12.4. The standard InChI is InChI=1S/C12H9FN/c13-9-12-8-11(6-7-14-12)10-4-2-1-3-5-10/h2-8H,9H2. The fourth-order valence-electron chi connectivity index (χ4n) is 1.31. The van der Waals surface area contributed by atoms with Crippen LogP contribution < -0.4 is 0 Å². The van der Waals surface area contributed by atoms with E-state index in [0.717, 1.165) is 11.1 Å². The molecule has 0 saturated carbocycles. The van der Waals surface area contributed by atoms with Gasteiger partial charge in [-0.2, -0.15) is 0 Å². The van der Waals surface area contributed by atoms with Gasteiger partial charge >= 0.3 is 0 Å². The Morgan fingerprint density at radius 1 is 1.14 bits per heavy atom. The zero-order valence-corrected chi connectivity index (χ0v) is 7.57. The minimum absolute atomic E-state index is 0.468. The lowest BCUT2D eigenvalue weighted by Gasteiger charge is -2.01. The molecule has 69 valence electrons. The van der Waals surface area contributed by atoms with Gasteiger partial charge in [0.1, 0.15) is 6.67 Å². The molecule has 2 heteroatoms. The molecular weight excluding hydrogens is 177 g/mol. The Morgan fingerprint density at radius 2 is 1.93 bits per heavy atom. The molecule has 0 aliphatic carbocycles. The van der Waals surface area contributed by atoms with Gasteiger partial charge in [-0.1, -0.05) is 24.3 Å². The van der Waals surface area contributed by atoms with Gasteiger partial charge in [0.25, 0.3) is 0 Å². The van der Waals surface area contributed by atoms with Crippen molar-refractivity contribution in [3.05, 3.63) is 54.4 Å². The number of hydrogen-bond acceptors (Lipinski definition) is 1. The van der Waals surface area contributed by atoms with E-state index >= 15 is 0 Å². The van der Waals surface area contributed by atoms with Crippen molar-refractivity contribution in [3.8, 4) is 11.1 Å². The summed E-state index contributed by atoms with van der Waals surface area (Å²) in [6.07, 6.45) is 1.63. The zero-order valence-electron chi connectivity index (χ0n) is 7.57. The van der Waals surface area contributed by atoms with Crippen LogP contribution in [0, 0.1) is 6.07 Å². The molecular formula is C12H9FN. The van der Waals surface area contributed by atoms with Crippen LogP contribution in [0.4, 0.5) is 4.39 Å². The lowest BCUT2D eigenvalue weighted by Crippen LogP contribution is -1.86. The average molecular weight is 186 g/mol. The van der Waals surface area contributed by atoms with Crippen molar-refractivity contribution in [1.82, 2.24) is 4.98 Å². The van der Waals surface area contributed by atoms with Crippen molar-refractivity contribution in [1.29, 1.82) is 0 Å². The van der Waals surface area contributed by atoms with E-state index in [-0.39, 0.29) is 0 Å². The molecule has 0 bridgehead atoms. The second-order valence-electron chi connectivity index (χ2n) is 2.96. The maximum atomic E-state index is 12.4. The molecule has 2 aromatic rings. The molecule has 2 rings (SSSR count). The van der Waals surface area contributed by atoms with E-state index < -0.39 is 6.67 Å². The minimum Gasteiger partial charge on any atom is -0.258 e. The predicted molar refractivity (Wildman–Crippen MR) is 53.3 cm³/mol. The highest BCUT2D eigenvalue weighted by molar-refractivity contribution is 5.62. The van der Waals surface area contributed by atoms with Gasteiger partial charge in [-0.05, 0) is 29.3 Å². The van der Waals surface area contributed by atoms with Crippen LogP contribution in [-0.4, -0.2) is 4.98 Å². The number of aromatic nitrogens is 1. The summed E-state index contributed by atoms with van der Waals surface area (Å²) in [5.74, 6) is 0. The fraction of sp³-hybridized carbons (Fsp3) is 0.0833. The molecule has 1 aromatic carbocycles. The van der Waals surface area contributed by atoms with Gasteiger partial charge in [0.2, 0.25) is 0 Å². The van der Waals surface area contributed by atoms with E-state index in [1.165, 1.54) is 0 Å². The first-order chi connectivity index (χ1) is 6.90. The molecule has 0 saturated heterocycles. The molecule has 0 atom stereocenters. The number of rotatable bonds is 2. The Morgan fingerprint density at radius 3 is 2.64 bits per heavy atom. The van der Waals surface area contributed by atoms with Gasteiger partial charge in [-0.15, -0.1) is 0 Å². The lowest BCUT2D eigenvalue weighted by atomic mass is 10.1.